The molecule has 1 saturated heterocycles. The molecule has 1 atom stereocenters. The van der Waals surface area contributed by atoms with Crippen molar-refractivity contribution < 1.29 is 0 Å². The molecule has 0 bridgehead atoms. The van der Waals surface area contributed by atoms with Gasteiger partial charge >= 0.3 is 0 Å². The van der Waals surface area contributed by atoms with Crippen LogP contribution in [-0.2, 0) is 0 Å². The van der Waals surface area contributed by atoms with E-state index >= 15 is 0 Å². The Hall–Kier alpha value is -0.630. The van der Waals surface area contributed by atoms with E-state index in [1.54, 1.807) is 0 Å². The average molecular weight is 278 g/mol. The average Bonchev–Trinajstić information content (AvgIpc) is 3.23. The van der Waals surface area contributed by atoms with Gasteiger partial charge in [0, 0.05) is 12.1 Å². The first-order chi connectivity index (χ1) is 9.52. The second-order valence-electron chi connectivity index (χ2n) is 7.00. The van der Waals surface area contributed by atoms with Gasteiger partial charge in [0.1, 0.15) is 5.54 Å². The summed E-state index contributed by atoms with van der Waals surface area (Å²) in [6, 6.07) is 3.84. The second-order valence-corrected chi connectivity index (χ2v) is 7.00. The fourth-order valence-electron chi connectivity index (χ4n) is 3.15. The number of hydrogen-bond acceptors (Lipinski definition) is 4. The zero-order valence-corrected chi connectivity index (χ0v) is 13.4. The highest BCUT2D eigenvalue weighted by Gasteiger charge is 2.32. The highest BCUT2D eigenvalue weighted by Crippen LogP contribution is 2.24. The lowest BCUT2D eigenvalue weighted by molar-refractivity contribution is 0.141. The van der Waals surface area contributed by atoms with Gasteiger partial charge in [-0.25, -0.2) is 0 Å². The monoisotopic (exact) mass is 278 g/mol. The largest absolute Gasteiger partial charge is 0.306 e. The summed E-state index contributed by atoms with van der Waals surface area (Å²) in [7, 11) is 4.37. The predicted octanol–water partition coefficient (Wildman–Crippen LogP) is 1.83. The number of rotatable bonds is 7. The Balaban J connectivity index is 1.64. The van der Waals surface area contributed by atoms with E-state index in [0.717, 1.165) is 25.4 Å². The molecule has 0 amide bonds. The summed E-state index contributed by atoms with van der Waals surface area (Å²) < 4.78 is 0. The van der Waals surface area contributed by atoms with E-state index < -0.39 is 0 Å². The molecule has 1 unspecified atom stereocenters. The van der Waals surface area contributed by atoms with Crippen molar-refractivity contribution in [1.29, 1.82) is 5.26 Å². The van der Waals surface area contributed by atoms with Gasteiger partial charge in [0.05, 0.1) is 6.07 Å². The molecule has 4 nitrogen and oxygen atoms in total. The number of nitrogens with zero attached hydrogens (tertiary/aromatic N) is 3. The Bertz CT molecular complexity index is 337. The van der Waals surface area contributed by atoms with Gasteiger partial charge in [-0.1, -0.05) is 0 Å². The van der Waals surface area contributed by atoms with Crippen LogP contribution in [0.25, 0.3) is 0 Å². The number of nitriles is 1. The van der Waals surface area contributed by atoms with Crippen LogP contribution in [-0.4, -0.2) is 61.2 Å². The Labute approximate surface area is 124 Å². The van der Waals surface area contributed by atoms with Gasteiger partial charge in [-0.3, -0.25) is 5.32 Å². The molecule has 114 valence electrons. The van der Waals surface area contributed by atoms with Crippen LogP contribution in [0.1, 0.15) is 45.4 Å². The van der Waals surface area contributed by atoms with Gasteiger partial charge < -0.3 is 9.80 Å². The summed E-state index contributed by atoms with van der Waals surface area (Å²) in [5, 5.41) is 12.9. The minimum Gasteiger partial charge on any atom is -0.306 e. The third kappa shape index (κ3) is 4.73. The van der Waals surface area contributed by atoms with Crippen molar-refractivity contribution in [2.45, 2.75) is 63.1 Å². The molecule has 0 aromatic rings. The number of likely N-dealkylation sites (tertiary alicyclic amines) is 1. The van der Waals surface area contributed by atoms with Gasteiger partial charge in [0.25, 0.3) is 0 Å². The molecule has 1 aliphatic carbocycles. The molecule has 0 aromatic heterocycles. The lowest BCUT2D eigenvalue weighted by Crippen LogP contribution is -2.44. The van der Waals surface area contributed by atoms with E-state index in [1.807, 2.05) is 0 Å². The van der Waals surface area contributed by atoms with E-state index in [0.29, 0.717) is 6.04 Å². The van der Waals surface area contributed by atoms with Crippen LogP contribution in [0.2, 0.25) is 0 Å². The van der Waals surface area contributed by atoms with Gasteiger partial charge in [0.15, 0.2) is 0 Å². The summed E-state index contributed by atoms with van der Waals surface area (Å²) in [6.45, 7) is 5.62. The molecular weight excluding hydrogens is 248 g/mol. The van der Waals surface area contributed by atoms with Crippen molar-refractivity contribution in [3.05, 3.63) is 0 Å². The lowest BCUT2D eigenvalue weighted by Gasteiger charge is -2.35. The quantitative estimate of drug-likeness (QED) is 0.771. The summed E-state index contributed by atoms with van der Waals surface area (Å²) in [4.78, 5) is 4.92. The summed E-state index contributed by atoms with van der Waals surface area (Å²) in [6.07, 6.45) is 7.14. The minimum atomic E-state index is -0.316. The van der Waals surface area contributed by atoms with Gasteiger partial charge in [0.2, 0.25) is 0 Å². The van der Waals surface area contributed by atoms with Crippen LogP contribution in [0.5, 0.6) is 0 Å². The fourth-order valence-corrected chi connectivity index (χ4v) is 3.15. The molecule has 4 heteroatoms. The summed E-state index contributed by atoms with van der Waals surface area (Å²) >= 11 is 0. The van der Waals surface area contributed by atoms with Crippen molar-refractivity contribution in [2.75, 3.05) is 33.7 Å². The first-order valence-electron chi connectivity index (χ1n) is 8.10. The standard InChI is InChI=1S/C16H30N4/c1-16(13-17,18-14-5-6-14)9-4-10-20-11-7-15(8-12-20)19(2)3/h14-15,18H,4-12H2,1-3H3. The molecule has 1 N–H and O–H groups in total. The fraction of sp³-hybridized carbons (Fsp3) is 0.938. The minimum absolute atomic E-state index is 0.316. The van der Waals surface area contributed by atoms with Crippen LogP contribution >= 0.6 is 0 Å². The topological polar surface area (TPSA) is 42.3 Å². The van der Waals surface area contributed by atoms with Crippen LogP contribution in [0.4, 0.5) is 0 Å². The van der Waals surface area contributed by atoms with Crippen LogP contribution in [0.3, 0.4) is 0 Å². The highest BCUT2D eigenvalue weighted by atomic mass is 15.2. The van der Waals surface area contributed by atoms with Crippen LogP contribution in [0.15, 0.2) is 0 Å². The molecule has 2 aliphatic rings. The molecule has 0 radical (unpaired) electrons. The molecule has 20 heavy (non-hydrogen) atoms. The van der Waals surface area contributed by atoms with Crippen molar-refractivity contribution in [1.82, 2.24) is 15.1 Å². The maximum absolute atomic E-state index is 9.36. The normalized spacial score (nSPS) is 24.6. The Morgan fingerprint density at radius 1 is 1.25 bits per heavy atom. The molecule has 0 aromatic carbocycles. The van der Waals surface area contributed by atoms with Gasteiger partial charge in [-0.15, -0.1) is 0 Å². The first kappa shape index (κ1) is 15.8. The highest BCUT2D eigenvalue weighted by molar-refractivity contribution is 5.07. The maximum atomic E-state index is 9.36. The molecule has 2 fully saturated rings. The zero-order valence-electron chi connectivity index (χ0n) is 13.4. The van der Waals surface area contributed by atoms with Crippen molar-refractivity contribution in [3.63, 3.8) is 0 Å². The first-order valence-corrected chi connectivity index (χ1v) is 8.10. The van der Waals surface area contributed by atoms with E-state index in [4.69, 9.17) is 0 Å². The van der Waals surface area contributed by atoms with Gasteiger partial charge in [-0.2, -0.15) is 5.26 Å². The smallest absolute Gasteiger partial charge is 0.104 e. The van der Waals surface area contributed by atoms with E-state index in [-0.39, 0.29) is 5.54 Å². The SMILES string of the molecule is CN(C)C1CCN(CCCC(C)(C#N)NC2CC2)CC1. The van der Waals surface area contributed by atoms with Gasteiger partial charge in [-0.05, 0) is 79.2 Å². The van der Waals surface area contributed by atoms with E-state index in [9.17, 15) is 5.26 Å². The molecule has 1 aliphatic heterocycles. The van der Waals surface area contributed by atoms with E-state index in [2.05, 4.69) is 42.2 Å². The maximum Gasteiger partial charge on any atom is 0.104 e. The molecule has 1 heterocycles. The molecule has 2 rings (SSSR count). The second kappa shape index (κ2) is 6.89. The Kier molecular flexibility index (Phi) is 5.42. The van der Waals surface area contributed by atoms with Crippen molar-refractivity contribution in [2.24, 2.45) is 0 Å². The number of hydrogen-bond donors (Lipinski definition) is 1. The molecular formula is C16H30N4. The number of piperidine rings is 1. The zero-order chi connectivity index (χ0) is 14.6. The Morgan fingerprint density at radius 3 is 2.40 bits per heavy atom. The Morgan fingerprint density at radius 2 is 1.90 bits per heavy atom. The lowest BCUT2D eigenvalue weighted by atomic mass is 9.96. The number of nitrogens with one attached hydrogen (secondary N) is 1. The predicted molar refractivity (Wildman–Crippen MR) is 82.6 cm³/mol. The summed E-state index contributed by atoms with van der Waals surface area (Å²) in [5.74, 6) is 0. The third-order valence-corrected chi connectivity index (χ3v) is 4.79. The molecule has 1 saturated carbocycles. The van der Waals surface area contributed by atoms with Crippen molar-refractivity contribution >= 4 is 0 Å². The van der Waals surface area contributed by atoms with E-state index in [1.165, 1.54) is 38.8 Å². The van der Waals surface area contributed by atoms with Crippen LogP contribution < -0.4 is 5.32 Å². The summed E-state index contributed by atoms with van der Waals surface area (Å²) in [5.41, 5.74) is -0.316. The third-order valence-electron chi connectivity index (χ3n) is 4.79. The van der Waals surface area contributed by atoms with Crippen LogP contribution in [0, 0.1) is 11.3 Å². The molecule has 0 spiro atoms. The van der Waals surface area contributed by atoms with Crippen molar-refractivity contribution in [3.8, 4) is 6.07 Å².